The Labute approximate surface area is 121 Å². The molecule has 1 atom stereocenters. The maximum atomic E-state index is 11.0. The fourth-order valence-corrected chi connectivity index (χ4v) is 1.64. The lowest BCUT2D eigenvalue weighted by atomic mass is 9.76. The predicted octanol–water partition coefficient (Wildman–Crippen LogP) is 2.45. The summed E-state index contributed by atoms with van der Waals surface area (Å²) in [4.78, 5) is 11.0. The molecule has 0 heterocycles. The first-order valence-corrected chi connectivity index (χ1v) is 6.84. The fraction of sp³-hybridized carbons (Fsp3) is 0.533. The van der Waals surface area contributed by atoms with Gasteiger partial charge in [-0.2, -0.15) is 0 Å². The molecule has 1 aromatic rings. The molecule has 1 unspecified atom stereocenters. The van der Waals surface area contributed by atoms with Crippen LogP contribution in [0.3, 0.4) is 0 Å². The third-order valence-corrected chi connectivity index (χ3v) is 3.09. The van der Waals surface area contributed by atoms with Gasteiger partial charge in [-0.1, -0.05) is 6.82 Å². The van der Waals surface area contributed by atoms with E-state index in [4.69, 9.17) is 15.2 Å². The van der Waals surface area contributed by atoms with Crippen molar-refractivity contribution < 1.29 is 14.3 Å². The molecule has 1 radical (unpaired) electrons. The molecule has 5 heteroatoms. The molecule has 1 amide bonds. The summed E-state index contributed by atoms with van der Waals surface area (Å²) in [5, 5.41) is 0. The molecule has 109 valence electrons. The summed E-state index contributed by atoms with van der Waals surface area (Å²) in [5.74, 6) is 0.282. The number of primary amides is 1. The number of carbonyl (C=O) groups is 1. The third kappa shape index (κ3) is 5.65. The number of hydrogen-bond donors (Lipinski definition) is 1. The Balaban J connectivity index is 2.50. The van der Waals surface area contributed by atoms with Crippen molar-refractivity contribution in [1.29, 1.82) is 0 Å². The van der Waals surface area contributed by atoms with Crippen LogP contribution in [0.25, 0.3) is 0 Å². The summed E-state index contributed by atoms with van der Waals surface area (Å²) in [7, 11) is 2.01. The highest BCUT2D eigenvalue weighted by atomic mass is 16.5. The van der Waals surface area contributed by atoms with Crippen LogP contribution in [-0.4, -0.2) is 31.4 Å². The van der Waals surface area contributed by atoms with E-state index in [0.717, 1.165) is 12.2 Å². The van der Waals surface area contributed by atoms with Gasteiger partial charge in [0.2, 0.25) is 5.91 Å². The highest BCUT2D eigenvalue weighted by molar-refractivity contribution is 6.35. The van der Waals surface area contributed by atoms with Gasteiger partial charge in [0.15, 0.2) is 0 Å². The van der Waals surface area contributed by atoms with E-state index < -0.39 is 5.91 Å². The first-order chi connectivity index (χ1) is 9.34. The van der Waals surface area contributed by atoms with E-state index in [0.29, 0.717) is 12.2 Å². The number of rotatable bonds is 8. The van der Waals surface area contributed by atoms with Crippen LogP contribution in [0, 0.1) is 0 Å². The highest BCUT2D eigenvalue weighted by Crippen LogP contribution is 2.21. The molecule has 0 saturated carbocycles. The molecule has 0 aliphatic rings. The predicted molar refractivity (Wildman–Crippen MR) is 81.3 cm³/mol. The van der Waals surface area contributed by atoms with Crippen molar-refractivity contribution in [3.63, 3.8) is 0 Å². The Hall–Kier alpha value is -1.49. The minimum Gasteiger partial charge on any atom is -0.488 e. The van der Waals surface area contributed by atoms with Crippen molar-refractivity contribution in [2.45, 2.75) is 45.6 Å². The maximum absolute atomic E-state index is 11.0. The van der Waals surface area contributed by atoms with Crippen LogP contribution < -0.4 is 10.5 Å². The number of carbonyl (C=O) groups excluding carboxylic acids is 1. The lowest BCUT2D eigenvalue weighted by Crippen LogP contribution is -2.31. The molecule has 20 heavy (non-hydrogen) atoms. The Morgan fingerprint density at radius 2 is 1.95 bits per heavy atom. The molecular weight excluding hydrogens is 253 g/mol. The minimum atomic E-state index is -0.436. The molecule has 0 fully saturated rings. The number of ether oxygens (including phenoxy) is 2. The normalized spacial score (nSPS) is 12.8. The zero-order valence-electron chi connectivity index (χ0n) is 12.7. The smallest absolute Gasteiger partial charge is 0.248 e. The molecule has 2 N–H and O–H groups in total. The maximum Gasteiger partial charge on any atom is 0.248 e. The summed E-state index contributed by atoms with van der Waals surface area (Å²) in [5.41, 5.74) is 5.34. The molecule has 1 aromatic carbocycles. The van der Waals surface area contributed by atoms with E-state index in [9.17, 15) is 4.79 Å². The van der Waals surface area contributed by atoms with Crippen molar-refractivity contribution in [3.8, 4) is 5.75 Å². The molecule has 0 bridgehead atoms. The largest absolute Gasteiger partial charge is 0.488 e. The standard InChI is InChI=1S/C15H23BNO3/c1-11(16-4)19-10-9-15(2,3)20-13-7-5-12(6-8-13)14(17)18/h5-8,11H,9-10H2,1-4H3,(H2,17,18). The van der Waals surface area contributed by atoms with Gasteiger partial charge in [0.1, 0.15) is 18.6 Å². The summed E-state index contributed by atoms with van der Waals surface area (Å²) in [6.45, 7) is 8.65. The molecule has 1 rings (SSSR count). The van der Waals surface area contributed by atoms with Crippen molar-refractivity contribution in [3.05, 3.63) is 29.8 Å². The zero-order valence-corrected chi connectivity index (χ0v) is 12.7. The van der Waals surface area contributed by atoms with Crippen molar-refractivity contribution in [2.75, 3.05) is 6.61 Å². The number of nitrogens with two attached hydrogens (primary N) is 1. The molecule has 0 saturated heterocycles. The van der Waals surface area contributed by atoms with Gasteiger partial charge in [-0.25, -0.2) is 0 Å². The number of amides is 1. The minimum absolute atomic E-state index is 0.153. The average Bonchev–Trinajstić information content (AvgIpc) is 2.38. The van der Waals surface area contributed by atoms with Crippen LogP contribution in [0.4, 0.5) is 0 Å². The molecule has 0 aromatic heterocycles. The Morgan fingerprint density at radius 3 is 2.45 bits per heavy atom. The van der Waals surface area contributed by atoms with Crippen LogP contribution in [0.1, 0.15) is 37.6 Å². The molecular formula is C15H23BNO3. The van der Waals surface area contributed by atoms with Gasteiger partial charge in [-0.05, 0) is 45.0 Å². The van der Waals surface area contributed by atoms with Crippen molar-refractivity contribution in [1.82, 2.24) is 0 Å². The summed E-state index contributed by atoms with van der Waals surface area (Å²) in [6.07, 6.45) is 0.781. The molecule has 4 nitrogen and oxygen atoms in total. The second-order valence-corrected chi connectivity index (χ2v) is 5.41. The van der Waals surface area contributed by atoms with Gasteiger partial charge < -0.3 is 15.2 Å². The Bertz CT molecular complexity index is 431. The lowest BCUT2D eigenvalue weighted by Gasteiger charge is -2.27. The topological polar surface area (TPSA) is 61.6 Å². The van der Waals surface area contributed by atoms with Crippen molar-refractivity contribution in [2.24, 2.45) is 5.73 Å². The first kappa shape index (κ1) is 16.6. The number of hydrogen-bond acceptors (Lipinski definition) is 3. The van der Waals surface area contributed by atoms with E-state index >= 15 is 0 Å². The number of benzene rings is 1. The Morgan fingerprint density at radius 1 is 1.35 bits per heavy atom. The highest BCUT2D eigenvalue weighted by Gasteiger charge is 2.20. The second-order valence-electron chi connectivity index (χ2n) is 5.41. The van der Waals surface area contributed by atoms with Gasteiger partial charge in [-0.3, -0.25) is 4.79 Å². The molecule has 0 aliphatic heterocycles. The van der Waals surface area contributed by atoms with Gasteiger partial charge in [0.25, 0.3) is 0 Å². The monoisotopic (exact) mass is 276 g/mol. The van der Waals surface area contributed by atoms with Crippen LogP contribution >= 0.6 is 0 Å². The Kier molecular flexibility index (Phi) is 6.08. The van der Waals surface area contributed by atoms with Gasteiger partial charge in [-0.15, -0.1) is 0 Å². The van der Waals surface area contributed by atoms with Gasteiger partial charge in [0, 0.05) is 24.6 Å². The van der Waals surface area contributed by atoms with E-state index in [-0.39, 0.29) is 11.6 Å². The van der Waals surface area contributed by atoms with Crippen molar-refractivity contribution >= 4 is 13.2 Å². The summed E-state index contributed by atoms with van der Waals surface area (Å²) >= 11 is 0. The summed E-state index contributed by atoms with van der Waals surface area (Å²) in [6, 6.07) is 6.99. The van der Waals surface area contributed by atoms with Gasteiger partial charge in [0.05, 0.1) is 0 Å². The fourth-order valence-electron chi connectivity index (χ4n) is 1.64. The quantitative estimate of drug-likeness (QED) is 0.742. The first-order valence-electron chi connectivity index (χ1n) is 6.84. The average molecular weight is 276 g/mol. The van der Waals surface area contributed by atoms with Crippen LogP contribution in [0.5, 0.6) is 5.75 Å². The zero-order chi connectivity index (χ0) is 15.2. The van der Waals surface area contributed by atoms with E-state index in [1.54, 1.807) is 24.3 Å². The van der Waals surface area contributed by atoms with E-state index in [2.05, 4.69) is 0 Å². The van der Waals surface area contributed by atoms with Crippen LogP contribution in [0.15, 0.2) is 24.3 Å². The van der Waals surface area contributed by atoms with Crippen LogP contribution in [0.2, 0.25) is 6.82 Å². The second kappa shape index (κ2) is 7.34. The summed E-state index contributed by atoms with van der Waals surface area (Å²) < 4.78 is 11.5. The molecule has 0 spiro atoms. The SMILES string of the molecule is C[B]C(C)OCCC(C)(C)Oc1ccc(C(N)=O)cc1. The third-order valence-electron chi connectivity index (χ3n) is 3.09. The van der Waals surface area contributed by atoms with Gasteiger partial charge >= 0.3 is 0 Å². The molecule has 0 aliphatic carbocycles. The lowest BCUT2D eigenvalue weighted by molar-refractivity contribution is 0.0397. The van der Waals surface area contributed by atoms with E-state index in [1.807, 2.05) is 34.9 Å². The van der Waals surface area contributed by atoms with Crippen LogP contribution in [-0.2, 0) is 4.74 Å². The van der Waals surface area contributed by atoms with E-state index in [1.165, 1.54) is 0 Å².